The SMILES string of the molecule is CCNCC1(OC(C)COCC)CCCCCC1. The van der Waals surface area contributed by atoms with Crippen molar-refractivity contribution in [3.63, 3.8) is 0 Å². The number of likely N-dealkylation sites (N-methyl/N-ethyl adjacent to an activating group) is 1. The normalized spacial score (nSPS) is 21.5. The van der Waals surface area contributed by atoms with Crippen LogP contribution in [0.3, 0.4) is 0 Å². The van der Waals surface area contributed by atoms with Gasteiger partial charge in [0.15, 0.2) is 0 Å². The quantitative estimate of drug-likeness (QED) is 0.678. The van der Waals surface area contributed by atoms with Gasteiger partial charge in [0.2, 0.25) is 0 Å². The summed E-state index contributed by atoms with van der Waals surface area (Å²) in [6, 6.07) is 0. The van der Waals surface area contributed by atoms with E-state index in [0.717, 1.165) is 19.7 Å². The highest BCUT2D eigenvalue weighted by atomic mass is 16.5. The van der Waals surface area contributed by atoms with Crippen molar-refractivity contribution in [2.75, 3.05) is 26.3 Å². The third-order valence-corrected chi connectivity index (χ3v) is 3.72. The zero-order chi connectivity index (χ0) is 13.3. The lowest BCUT2D eigenvalue weighted by molar-refractivity contribution is -0.116. The van der Waals surface area contributed by atoms with Crippen LogP contribution in [0.25, 0.3) is 0 Å². The molecule has 0 aromatic rings. The van der Waals surface area contributed by atoms with Gasteiger partial charge >= 0.3 is 0 Å². The van der Waals surface area contributed by atoms with Crippen LogP contribution in [0.2, 0.25) is 0 Å². The smallest absolute Gasteiger partial charge is 0.0811 e. The topological polar surface area (TPSA) is 30.5 Å². The van der Waals surface area contributed by atoms with Gasteiger partial charge in [-0.05, 0) is 33.2 Å². The first-order valence-electron chi connectivity index (χ1n) is 7.68. The van der Waals surface area contributed by atoms with Crippen LogP contribution < -0.4 is 5.32 Å². The molecule has 1 aliphatic carbocycles. The van der Waals surface area contributed by atoms with Crippen molar-refractivity contribution in [2.45, 2.75) is 71.0 Å². The van der Waals surface area contributed by atoms with E-state index in [-0.39, 0.29) is 11.7 Å². The molecule has 0 heterocycles. The van der Waals surface area contributed by atoms with Crippen molar-refractivity contribution in [2.24, 2.45) is 0 Å². The second kappa shape index (κ2) is 8.89. The maximum Gasteiger partial charge on any atom is 0.0811 e. The van der Waals surface area contributed by atoms with Crippen LogP contribution in [0.15, 0.2) is 0 Å². The Kier molecular flexibility index (Phi) is 7.87. The summed E-state index contributed by atoms with van der Waals surface area (Å²) in [7, 11) is 0. The highest BCUT2D eigenvalue weighted by Crippen LogP contribution is 2.31. The lowest BCUT2D eigenvalue weighted by Crippen LogP contribution is -2.45. The van der Waals surface area contributed by atoms with E-state index in [1.807, 2.05) is 6.92 Å². The molecule has 1 aliphatic rings. The van der Waals surface area contributed by atoms with Gasteiger partial charge in [0.25, 0.3) is 0 Å². The maximum absolute atomic E-state index is 6.38. The molecule has 0 bridgehead atoms. The molecule has 3 heteroatoms. The van der Waals surface area contributed by atoms with Crippen molar-refractivity contribution in [1.29, 1.82) is 0 Å². The van der Waals surface area contributed by atoms with Crippen LogP contribution in [0.1, 0.15) is 59.3 Å². The minimum Gasteiger partial charge on any atom is -0.379 e. The Morgan fingerprint density at radius 3 is 2.33 bits per heavy atom. The molecule has 1 fully saturated rings. The van der Waals surface area contributed by atoms with Gasteiger partial charge in [-0.3, -0.25) is 0 Å². The molecule has 1 saturated carbocycles. The van der Waals surface area contributed by atoms with Crippen LogP contribution in [0, 0.1) is 0 Å². The largest absolute Gasteiger partial charge is 0.379 e. The summed E-state index contributed by atoms with van der Waals surface area (Å²) in [6.45, 7) is 9.82. The lowest BCUT2D eigenvalue weighted by atomic mass is 9.93. The summed E-state index contributed by atoms with van der Waals surface area (Å²) >= 11 is 0. The van der Waals surface area contributed by atoms with Crippen molar-refractivity contribution < 1.29 is 9.47 Å². The molecule has 18 heavy (non-hydrogen) atoms. The fourth-order valence-corrected chi connectivity index (χ4v) is 2.81. The Labute approximate surface area is 113 Å². The molecule has 0 aromatic heterocycles. The Morgan fingerprint density at radius 2 is 1.78 bits per heavy atom. The predicted molar refractivity (Wildman–Crippen MR) is 76.0 cm³/mol. The molecular formula is C15H31NO2. The summed E-state index contributed by atoms with van der Waals surface area (Å²) in [5.74, 6) is 0. The molecule has 3 nitrogen and oxygen atoms in total. The summed E-state index contributed by atoms with van der Waals surface area (Å²) in [5.41, 5.74) is 0.0447. The lowest BCUT2D eigenvalue weighted by Gasteiger charge is -2.36. The summed E-state index contributed by atoms with van der Waals surface area (Å²) in [5, 5.41) is 3.48. The monoisotopic (exact) mass is 257 g/mol. The van der Waals surface area contributed by atoms with Crippen LogP contribution in [0.4, 0.5) is 0 Å². The first kappa shape index (κ1) is 15.9. The van der Waals surface area contributed by atoms with Crippen molar-refractivity contribution in [3.05, 3.63) is 0 Å². The van der Waals surface area contributed by atoms with E-state index < -0.39 is 0 Å². The summed E-state index contributed by atoms with van der Waals surface area (Å²) in [6.07, 6.45) is 7.89. The number of hydrogen-bond donors (Lipinski definition) is 1. The minimum absolute atomic E-state index is 0.0447. The molecule has 1 rings (SSSR count). The molecule has 0 radical (unpaired) electrons. The molecule has 0 aromatic carbocycles. The van der Waals surface area contributed by atoms with Gasteiger partial charge < -0.3 is 14.8 Å². The van der Waals surface area contributed by atoms with Gasteiger partial charge in [-0.15, -0.1) is 0 Å². The average Bonchev–Trinajstić information content (AvgIpc) is 2.60. The number of rotatable bonds is 8. The van der Waals surface area contributed by atoms with Crippen molar-refractivity contribution in [3.8, 4) is 0 Å². The van der Waals surface area contributed by atoms with E-state index in [1.54, 1.807) is 0 Å². The zero-order valence-corrected chi connectivity index (χ0v) is 12.5. The van der Waals surface area contributed by atoms with E-state index in [9.17, 15) is 0 Å². The third-order valence-electron chi connectivity index (χ3n) is 3.72. The minimum atomic E-state index is 0.0447. The van der Waals surface area contributed by atoms with Crippen LogP contribution in [0.5, 0.6) is 0 Å². The van der Waals surface area contributed by atoms with Crippen molar-refractivity contribution >= 4 is 0 Å². The molecule has 0 saturated heterocycles. The highest BCUT2D eigenvalue weighted by molar-refractivity contribution is 4.86. The van der Waals surface area contributed by atoms with E-state index in [2.05, 4.69) is 19.2 Å². The predicted octanol–water partition coefficient (Wildman–Crippen LogP) is 3.13. The fourth-order valence-electron chi connectivity index (χ4n) is 2.81. The molecule has 1 N–H and O–H groups in total. The molecule has 0 aliphatic heterocycles. The van der Waals surface area contributed by atoms with E-state index >= 15 is 0 Å². The molecule has 1 unspecified atom stereocenters. The number of ether oxygens (including phenoxy) is 2. The van der Waals surface area contributed by atoms with Gasteiger partial charge in [0, 0.05) is 13.2 Å². The van der Waals surface area contributed by atoms with Crippen molar-refractivity contribution in [1.82, 2.24) is 5.32 Å². The fraction of sp³-hybridized carbons (Fsp3) is 1.00. The molecule has 108 valence electrons. The Hall–Kier alpha value is -0.120. The van der Waals surface area contributed by atoms with E-state index in [0.29, 0.717) is 6.61 Å². The standard InChI is InChI=1S/C15H31NO2/c1-4-16-13-15(10-8-6-7-9-11-15)18-14(3)12-17-5-2/h14,16H,4-13H2,1-3H3. The first-order chi connectivity index (χ1) is 8.72. The van der Waals surface area contributed by atoms with Crippen LogP contribution in [-0.4, -0.2) is 38.0 Å². The second-order valence-electron chi connectivity index (χ2n) is 5.47. The van der Waals surface area contributed by atoms with Gasteiger partial charge in [-0.25, -0.2) is 0 Å². The average molecular weight is 257 g/mol. The molecule has 0 spiro atoms. The zero-order valence-electron chi connectivity index (χ0n) is 12.5. The van der Waals surface area contributed by atoms with E-state index in [1.165, 1.54) is 38.5 Å². The highest BCUT2D eigenvalue weighted by Gasteiger charge is 2.33. The van der Waals surface area contributed by atoms with Gasteiger partial charge in [0.05, 0.1) is 18.3 Å². The second-order valence-corrected chi connectivity index (χ2v) is 5.47. The van der Waals surface area contributed by atoms with E-state index in [4.69, 9.17) is 9.47 Å². The van der Waals surface area contributed by atoms with Crippen LogP contribution >= 0.6 is 0 Å². The van der Waals surface area contributed by atoms with Gasteiger partial charge in [0.1, 0.15) is 0 Å². The molecule has 1 atom stereocenters. The summed E-state index contributed by atoms with van der Waals surface area (Å²) in [4.78, 5) is 0. The Bertz CT molecular complexity index is 201. The summed E-state index contributed by atoms with van der Waals surface area (Å²) < 4.78 is 11.8. The molecular weight excluding hydrogens is 226 g/mol. The number of nitrogens with one attached hydrogen (secondary N) is 1. The Balaban J connectivity index is 2.51. The van der Waals surface area contributed by atoms with Gasteiger partial charge in [-0.1, -0.05) is 32.6 Å². The Morgan fingerprint density at radius 1 is 1.11 bits per heavy atom. The maximum atomic E-state index is 6.38. The molecule has 0 amide bonds. The third kappa shape index (κ3) is 5.68. The van der Waals surface area contributed by atoms with Crippen LogP contribution in [-0.2, 0) is 9.47 Å². The first-order valence-corrected chi connectivity index (χ1v) is 7.68. The number of hydrogen-bond acceptors (Lipinski definition) is 3. The van der Waals surface area contributed by atoms with Gasteiger partial charge in [-0.2, -0.15) is 0 Å².